The lowest BCUT2D eigenvalue weighted by Gasteiger charge is -2.22. The van der Waals surface area contributed by atoms with Crippen molar-refractivity contribution in [2.45, 2.75) is 38.7 Å². The Morgan fingerprint density at radius 3 is 2.16 bits per heavy atom. The Hall–Kier alpha value is -1.68. The van der Waals surface area contributed by atoms with Gasteiger partial charge in [-0.2, -0.15) is 0 Å². The topological polar surface area (TPSA) is 57.6 Å². The molecule has 2 amide bonds. The molecule has 1 aliphatic heterocycles. The van der Waals surface area contributed by atoms with Gasteiger partial charge >= 0.3 is 0 Å². The van der Waals surface area contributed by atoms with Crippen molar-refractivity contribution < 1.29 is 14.7 Å². The van der Waals surface area contributed by atoms with Crippen LogP contribution in [0.5, 0.6) is 0 Å². The van der Waals surface area contributed by atoms with Gasteiger partial charge in [0.25, 0.3) is 0 Å². The molecular formula is C15H19NO3. The van der Waals surface area contributed by atoms with Crippen LogP contribution in [0.15, 0.2) is 24.3 Å². The van der Waals surface area contributed by atoms with Crippen LogP contribution < -0.4 is 0 Å². The summed E-state index contributed by atoms with van der Waals surface area (Å²) < 4.78 is 0. The van der Waals surface area contributed by atoms with Crippen molar-refractivity contribution >= 4 is 11.8 Å². The first-order valence-electron chi connectivity index (χ1n) is 6.66. The van der Waals surface area contributed by atoms with Gasteiger partial charge in [-0.05, 0) is 25.3 Å². The molecule has 2 rings (SSSR count). The Labute approximate surface area is 113 Å². The van der Waals surface area contributed by atoms with E-state index < -0.39 is 6.10 Å². The lowest BCUT2D eigenvalue weighted by atomic mass is 10.1. The average Bonchev–Trinajstić information content (AvgIpc) is 2.54. The number of hydrogen-bond donors (Lipinski definition) is 1. The first-order chi connectivity index (χ1) is 9.08. The van der Waals surface area contributed by atoms with Gasteiger partial charge in [0, 0.05) is 12.8 Å². The second-order valence-electron chi connectivity index (χ2n) is 5.03. The SMILES string of the molecule is Cc1ccc(C(O)CN2C(=O)CCCCC2=O)cc1. The zero-order valence-corrected chi connectivity index (χ0v) is 11.1. The number of imide groups is 1. The molecule has 0 aliphatic carbocycles. The van der Waals surface area contributed by atoms with Crippen molar-refractivity contribution in [1.29, 1.82) is 0 Å². The number of carbonyl (C=O) groups is 2. The Balaban J connectivity index is 2.08. The van der Waals surface area contributed by atoms with E-state index in [0.29, 0.717) is 12.8 Å². The van der Waals surface area contributed by atoms with Gasteiger partial charge in [0.05, 0.1) is 12.6 Å². The monoisotopic (exact) mass is 261 g/mol. The van der Waals surface area contributed by atoms with Gasteiger partial charge in [-0.3, -0.25) is 14.5 Å². The summed E-state index contributed by atoms with van der Waals surface area (Å²) in [4.78, 5) is 24.9. The number of carbonyl (C=O) groups excluding carboxylic acids is 2. The fourth-order valence-electron chi connectivity index (χ4n) is 2.23. The average molecular weight is 261 g/mol. The minimum Gasteiger partial charge on any atom is -0.387 e. The molecule has 0 saturated carbocycles. The highest BCUT2D eigenvalue weighted by Crippen LogP contribution is 2.19. The molecule has 1 atom stereocenters. The molecule has 1 unspecified atom stereocenters. The Bertz CT molecular complexity index is 449. The summed E-state index contributed by atoms with van der Waals surface area (Å²) in [5, 5.41) is 10.1. The van der Waals surface area contributed by atoms with Crippen molar-refractivity contribution in [2.75, 3.05) is 6.54 Å². The molecule has 1 aliphatic rings. The maximum absolute atomic E-state index is 11.8. The molecule has 1 N–H and O–H groups in total. The summed E-state index contributed by atoms with van der Waals surface area (Å²) in [6.45, 7) is 2.03. The number of benzene rings is 1. The van der Waals surface area contributed by atoms with Crippen LogP contribution in [0.3, 0.4) is 0 Å². The van der Waals surface area contributed by atoms with Crippen LogP contribution in [0.4, 0.5) is 0 Å². The molecule has 0 aromatic heterocycles. The molecule has 102 valence electrons. The van der Waals surface area contributed by atoms with Gasteiger partial charge in [0.2, 0.25) is 11.8 Å². The lowest BCUT2D eigenvalue weighted by molar-refractivity contribution is -0.145. The number of aliphatic hydroxyl groups is 1. The van der Waals surface area contributed by atoms with Crippen LogP contribution in [0.1, 0.15) is 42.9 Å². The maximum atomic E-state index is 11.8. The number of amides is 2. The Morgan fingerprint density at radius 1 is 1.11 bits per heavy atom. The summed E-state index contributed by atoms with van der Waals surface area (Å²) >= 11 is 0. The number of aliphatic hydroxyl groups excluding tert-OH is 1. The maximum Gasteiger partial charge on any atom is 0.229 e. The molecule has 1 saturated heterocycles. The van der Waals surface area contributed by atoms with E-state index in [1.165, 1.54) is 4.90 Å². The third kappa shape index (κ3) is 3.41. The highest BCUT2D eigenvalue weighted by Gasteiger charge is 2.26. The highest BCUT2D eigenvalue weighted by molar-refractivity contribution is 5.96. The quantitative estimate of drug-likeness (QED) is 0.846. The normalized spacial score (nSPS) is 18.3. The van der Waals surface area contributed by atoms with E-state index in [2.05, 4.69) is 0 Å². The standard InChI is InChI=1S/C15H19NO3/c1-11-6-8-12(9-7-11)13(17)10-16-14(18)4-2-3-5-15(16)19/h6-9,13,17H,2-5,10H2,1H3. The first-order valence-corrected chi connectivity index (χ1v) is 6.66. The van der Waals surface area contributed by atoms with Gasteiger partial charge in [-0.25, -0.2) is 0 Å². The third-order valence-corrected chi connectivity index (χ3v) is 3.45. The predicted molar refractivity (Wildman–Crippen MR) is 71.3 cm³/mol. The molecule has 0 spiro atoms. The molecule has 1 aromatic rings. The molecule has 1 fully saturated rings. The number of β-amino-alcohol motifs (C(OH)–C–C–N with tert-alkyl or cyclic N) is 1. The Kier molecular flexibility index (Phi) is 4.32. The van der Waals surface area contributed by atoms with E-state index in [4.69, 9.17) is 0 Å². The van der Waals surface area contributed by atoms with Crippen molar-refractivity contribution in [1.82, 2.24) is 4.90 Å². The minimum absolute atomic E-state index is 0.0563. The molecular weight excluding hydrogens is 242 g/mol. The molecule has 19 heavy (non-hydrogen) atoms. The molecule has 1 aromatic carbocycles. The molecule has 4 heteroatoms. The summed E-state index contributed by atoms with van der Waals surface area (Å²) in [6, 6.07) is 7.47. The van der Waals surface area contributed by atoms with E-state index >= 15 is 0 Å². The van der Waals surface area contributed by atoms with Gasteiger partial charge in [-0.1, -0.05) is 29.8 Å². The molecule has 1 heterocycles. The van der Waals surface area contributed by atoms with Crippen LogP contribution in [-0.4, -0.2) is 28.4 Å². The van der Waals surface area contributed by atoms with Crippen molar-refractivity contribution in [3.05, 3.63) is 35.4 Å². The van der Waals surface area contributed by atoms with Crippen molar-refractivity contribution in [3.8, 4) is 0 Å². The third-order valence-electron chi connectivity index (χ3n) is 3.45. The van der Waals surface area contributed by atoms with Crippen molar-refractivity contribution in [3.63, 3.8) is 0 Å². The lowest BCUT2D eigenvalue weighted by Crippen LogP contribution is -2.38. The summed E-state index contributed by atoms with van der Waals surface area (Å²) in [6.07, 6.45) is 1.48. The number of hydrogen-bond acceptors (Lipinski definition) is 3. The number of aryl methyl sites for hydroxylation is 1. The fourth-order valence-corrected chi connectivity index (χ4v) is 2.23. The van der Waals surface area contributed by atoms with Crippen LogP contribution in [0, 0.1) is 6.92 Å². The predicted octanol–water partition coefficient (Wildman–Crippen LogP) is 1.96. The van der Waals surface area contributed by atoms with Gasteiger partial charge in [-0.15, -0.1) is 0 Å². The second-order valence-corrected chi connectivity index (χ2v) is 5.03. The van der Waals surface area contributed by atoms with Crippen LogP contribution in [0.2, 0.25) is 0 Å². The minimum atomic E-state index is -0.813. The summed E-state index contributed by atoms with van der Waals surface area (Å²) in [5.74, 6) is -0.345. The van der Waals surface area contributed by atoms with E-state index in [-0.39, 0.29) is 18.4 Å². The molecule has 0 radical (unpaired) electrons. The van der Waals surface area contributed by atoms with Crippen molar-refractivity contribution in [2.24, 2.45) is 0 Å². The Morgan fingerprint density at radius 2 is 1.63 bits per heavy atom. The number of nitrogens with zero attached hydrogens (tertiary/aromatic N) is 1. The van der Waals surface area contributed by atoms with E-state index in [1.807, 2.05) is 31.2 Å². The van der Waals surface area contributed by atoms with E-state index in [0.717, 1.165) is 24.0 Å². The van der Waals surface area contributed by atoms with Gasteiger partial charge in [0.15, 0.2) is 0 Å². The van der Waals surface area contributed by atoms with E-state index in [1.54, 1.807) is 0 Å². The molecule has 0 bridgehead atoms. The van der Waals surface area contributed by atoms with Crippen LogP contribution in [-0.2, 0) is 9.59 Å². The van der Waals surface area contributed by atoms with Crippen LogP contribution in [0.25, 0.3) is 0 Å². The zero-order chi connectivity index (χ0) is 13.8. The van der Waals surface area contributed by atoms with Gasteiger partial charge in [0.1, 0.15) is 0 Å². The first kappa shape index (κ1) is 13.7. The second kappa shape index (κ2) is 5.97. The van der Waals surface area contributed by atoms with Crippen LogP contribution >= 0.6 is 0 Å². The number of rotatable bonds is 3. The zero-order valence-electron chi connectivity index (χ0n) is 11.1. The largest absolute Gasteiger partial charge is 0.387 e. The number of likely N-dealkylation sites (tertiary alicyclic amines) is 1. The van der Waals surface area contributed by atoms with E-state index in [9.17, 15) is 14.7 Å². The smallest absolute Gasteiger partial charge is 0.229 e. The fraction of sp³-hybridized carbons (Fsp3) is 0.467. The highest BCUT2D eigenvalue weighted by atomic mass is 16.3. The molecule has 4 nitrogen and oxygen atoms in total. The summed E-state index contributed by atoms with van der Waals surface area (Å²) in [5.41, 5.74) is 1.84. The van der Waals surface area contributed by atoms with Gasteiger partial charge < -0.3 is 5.11 Å². The summed E-state index contributed by atoms with van der Waals surface area (Å²) in [7, 11) is 0.